The van der Waals surface area contributed by atoms with Gasteiger partial charge in [-0.15, -0.1) is 0 Å². The Morgan fingerprint density at radius 1 is 1.32 bits per heavy atom. The Labute approximate surface area is 119 Å². The largest absolute Gasteiger partial charge is 0.328 e. The second kappa shape index (κ2) is 5.90. The monoisotopic (exact) mass is 280 g/mol. The lowest BCUT2D eigenvalue weighted by molar-refractivity contribution is 0.471. The van der Waals surface area contributed by atoms with Crippen molar-refractivity contribution in [1.82, 2.24) is 19.3 Å². The summed E-state index contributed by atoms with van der Waals surface area (Å²) >= 11 is 5.47. The second-order valence-corrected chi connectivity index (χ2v) is 5.79. The Balaban J connectivity index is 2.24. The first-order chi connectivity index (χ1) is 9.06. The molecule has 0 saturated heterocycles. The van der Waals surface area contributed by atoms with E-state index in [0.29, 0.717) is 6.04 Å². The van der Waals surface area contributed by atoms with Crippen molar-refractivity contribution < 1.29 is 0 Å². The van der Waals surface area contributed by atoms with Crippen LogP contribution in [-0.2, 0) is 7.05 Å². The predicted octanol–water partition coefficient (Wildman–Crippen LogP) is 4.27. The molecule has 2 aromatic rings. The average Bonchev–Trinajstić information content (AvgIpc) is 2.83. The summed E-state index contributed by atoms with van der Waals surface area (Å²) < 4.78 is 4.96. The maximum absolute atomic E-state index is 5.47. The lowest BCUT2D eigenvalue weighted by Crippen LogP contribution is -2.08. The molecule has 19 heavy (non-hydrogen) atoms. The average molecular weight is 280 g/mol. The first-order valence-electron chi connectivity index (χ1n) is 7.20. The van der Waals surface area contributed by atoms with E-state index in [-0.39, 0.29) is 0 Å². The molecular formula is C14H24N4S. The summed E-state index contributed by atoms with van der Waals surface area (Å²) in [5.74, 6) is 0. The number of nitrogens with one attached hydrogen (secondary N) is 1. The number of aromatic nitrogens is 4. The van der Waals surface area contributed by atoms with Gasteiger partial charge in [-0.3, -0.25) is 9.25 Å². The minimum Gasteiger partial charge on any atom is -0.328 e. The van der Waals surface area contributed by atoms with E-state index < -0.39 is 0 Å². The highest BCUT2D eigenvalue weighted by Crippen LogP contribution is 2.24. The smallest absolute Gasteiger partial charge is 0.179 e. The Hall–Kier alpha value is -1.10. The van der Waals surface area contributed by atoms with Crippen LogP contribution in [0.2, 0.25) is 0 Å². The predicted molar refractivity (Wildman–Crippen MR) is 82.1 cm³/mol. The van der Waals surface area contributed by atoms with Crippen molar-refractivity contribution in [2.45, 2.75) is 58.9 Å². The molecule has 0 spiro atoms. The first kappa shape index (κ1) is 14.3. The van der Waals surface area contributed by atoms with Gasteiger partial charge in [0.1, 0.15) is 5.52 Å². The molecule has 0 radical (unpaired) electrons. The van der Waals surface area contributed by atoms with Crippen molar-refractivity contribution in [1.29, 1.82) is 0 Å². The van der Waals surface area contributed by atoms with Gasteiger partial charge >= 0.3 is 0 Å². The number of unbranched alkanes of at least 4 members (excludes halogenated alkanes) is 3. The molecule has 106 valence electrons. The maximum atomic E-state index is 5.47. The summed E-state index contributed by atoms with van der Waals surface area (Å²) in [6, 6.07) is 0.424. The van der Waals surface area contributed by atoms with Crippen LogP contribution in [-0.4, -0.2) is 19.3 Å². The van der Waals surface area contributed by atoms with Gasteiger partial charge in [0.2, 0.25) is 0 Å². The van der Waals surface area contributed by atoms with Gasteiger partial charge in [-0.05, 0) is 32.5 Å². The van der Waals surface area contributed by atoms with Crippen LogP contribution in [0.15, 0.2) is 0 Å². The molecular weight excluding hydrogens is 256 g/mol. The molecule has 0 aliphatic rings. The van der Waals surface area contributed by atoms with E-state index in [1.54, 1.807) is 0 Å². The third-order valence-electron chi connectivity index (χ3n) is 3.79. The van der Waals surface area contributed by atoms with E-state index in [1.165, 1.54) is 32.1 Å². The fourth-order valence-corrected chi connectivity index (χ4v) is 3.11. The van der Waals surface area contributed by atoms with Gasteiger partial charge in [0.15, 0.2) is 10.4 Å². The summed E-state index contributed by atoms with van der Waals surface area (Å²) in [5.41, 5.74) is 3.21. The van der Waals surface area contributed by atoms with Gasteiger partial charge < -0.3 is 4.98 Å². The molecule has 1 atom stereocenters. The highest BCUT2D eigenvalue weighted by atomic mass is 32.1. The third-order valence-corrected chi connectivity index (χ3v) is 4.09. The molecule has 1 unspecified atom stereocenters. The lowest BCUT2D eigenvalue weighted by Gasteiger charge is -2.14. The van der Waals surface area contributed by atoms with E-state index in [0.717, 1.165) is 21.6 Å². The first-order valence-corrected chi connectivity index (χ1v) is 7.60. The Morgan fingerprint density at radius 2 is 2.05 bits per heavy atom. The van der Waals surface area contributed by atoms with Crippen LogP contribution in [0.5, 0.6) is 0 Å². The number of hydrogen-bond donors (Lipinski definition) is 1. The van der Waals surface area contributed by atoms with Crippen LogP contribution in [0.1, 0.15) is 57.7 Å². The second-order valence-electron chi connectivity index (χ2n) is 5.41. The number of nitrogens with zero attached hydrogens (tertiary/aromatic N) is 3. The lowest BCUT2D eigenvalue weighted by atomic mass is 10.1. The molecule has 0 aliphatic heterocycles. The number of aromatic amines is 1. The molecule has 0 fully saturated rings. The van der Waals surface area contributed by atoms with Gasteiger partial charge in [-0.1, -0.05) is 32.6 Å². The molecule has 5 heteroatoms. The summed E-state index contributed by atoms with van der Waals surface area (Å²) in [4.78, 5) is 3.29. The molecule has 0 amide bonds. The topological polar surface area (TPSA) is 38.5 Å². The van der Waals surface area contributed by atoms with Crippen LogP contribution in [0.4, 0.5) is 0 Å². The molecule has 0 aromatic carbocycles. The standard InChI is InChI=1S/C14H24N4S/c1-5-6-7-8-9-10(2)18-13-12(15-14(18)19)11(3)16-17(13)4/h10H,5-9H2,1-4H3,(H,15,19). The van der Waals surface area contributed by atoms with Crippen molar-refractivity contribution in [2.75, 3.05) is 0 Å². The molecule has 2 aromatic heterocycles. The molecule has 2 heterocycles. The van der Waals surface area contributed by atoms with Gasteiger partial charge in [-0.25, -0.2) is 0 Å². The molecule has 4 nitrogen and oxygen atoms in total. The summed E-state index contributed by atoms with van der Waals surface area (Å²) in [6.07, 6.45) is 6.35. The normalized spacial score (nSPS) is 13.3. The number of aryl methyl sites for hydroxylation is 2. The number of H-pyrrole nitrogens is 1. The van der Waals surface area contributed by atoms with E-state index in [1.807, 2.05) is 18.7 Å². The zero-order valence-corrected chi connectivity index (χ0v) is 13.2. The molecule has 0 aliphatic carbocycles. The minimum absolute atomic E-state index is 0.424. The molecule has 1 N–H and O–H groups in total. The van der Waals surface area contributed by atoms with Crippen molar-refractivity contribution in [2.24, 2.45) is 7.05 Å². The van der Waals surface area contributed by atoms with Crippen molar-refractivity contribution in [3.05, 3.63) is 10.5 Å². The van der Waals surface area contributed by atoms with Crippen LogP contribution in [0.3, 0.4) is 0 Å². The maximum Gasteiger partial charge on any atom is 0.179 e. The van der Waals surface area contributed by atoms with E-state index in [2.05, 4.69) is 28.5 Å². The summed E-state index contributed by atoms with van der Waals surface area (Å²) in [7, 11) is 1.98. The zero-order valence-electron chi connectivity index (χ0n) is 12.4. The van der Waals surface area contributed by atoms with Crippen LogP contribution >= 0.6 is 12.2 Å². The van der Waals surface area contributed by atoms with Crippen LogP contribution in [0, 0.1) is 11.7 Å². The highest BCUT2D eigenvalue weighted by Gasteiger charge is 2.16. The van der Waals surface area contributed by atoms with Crippen LogP contribution in [0.25, 0.3) is 11.2 Å². The van der Waals surface area contributed by atoms with Gasteiger partial charge in [0, 0.05) is 13.1 Å². The van der Waals surface area contributed by atoms with Crippen molar-refractivity contribution in [3.63, 3.8) is 0 Å². The Morgan fingerprint density at radius 3 is 2.74 bits per heavy atom. The van der Waals surface area contributed by atoms with E-state index in [4.69, 9.17) is 12.2 Å². The van der Waals surface area contributed by atoms with E-state index >= 15 is 0 Å². The SMILES string of the molecule is CCCCCCC(C)n1c(=S)[nH]c2c(C)nn(C)c21. The minimum atomic E-state index is 0.424. The van der Waals surface area contributed by atoms with Gasteiger partial charge in [0.25, 0.3) is 0 Å². The summed E-state index contributed by atoms with van der Waals surface area (Å²) in [6.45, 7) is 6.51. The van der Waals surface area contributed by atoms with Crippen molar-refractivity contribution >= 4 is 23.4 Å². The van der Waals surface area contributed by atoms with Gasteiger partial charge in [-0.2, -0.15) is 5.10 Å². The Kier molecular flexibility index (Phi) is 4.45. The zero-order chi connectivity index (χ0) is 14.0. The van der Waals surface area contributed by atoms with E-state index in [9.17, 15) is 0 Å². The molecule has 0 saturated carbocycles. The highest BCUT2D eigenvalue weighted by molar-refractivity contribution is 7.71. The number of rotatable bonds is 6. The number of fused-ring (bicyclic) bond motifs is 1. The summed E-state index contributed by atoms with van der Waals surface area (Å²) in [5, 5.41) is 4.46. The van der Waals surface area contributed by atoms with Gasteiger partial charge in [0.05, 0.1) is 5.69 Å². The number of hydrogen-bond acceptors (Lipinski definition) is 2. The van der Waals surface area contributed by atoms with Crippen molar-refractivity contribution in [3.8, 4) is 0 Å². The quantitative estimate of drug-likeness (QED) is 0.634. The van der Waals surface area contributed by atoms with Crippen LogP contribution < -0.4 is 0 Å². The molecule has 2 rings (SSSR count). The third kappa shape index (κ3) is 2.76. The Bertz CT molecular complexity index is 605. The molecule has 0 bridgehead atoms. The fourth-order valence-electron chi connectivity index (χ4n) is 2.74. The fraction of sp³-hybridized carbons (Fsp3) is 0.714. The number of imidazole rings is 1.